The van der Waals surface area contributed by atoms with Crippen LogP contribution in [-0.4, -0.2) is 16.2 Å². The van der Waals surface area contributed by atoms with Crippen molar-refractivity contribution in [3.63, 3.8) is 0 Å². The summed E-state index contributed by atoms with van der Waals surface area (Å²) in [6.07, 6.45) is 7.71. The second-order valence-electron chi connectivity index (χ2n) is 4.79. The number of unbranched alkanes of at least 4 members (excludes halogenated alkanes) is 4. The fraction of sp³-hybridized carbons (Fsp3) is 0.846. The summed E-state index contributed by atoms with van der Waals surface area (Å²) in [6.45, 7) is 7.40. The van der Waals surface area contributed by atoms with Gasteiger partial charge in [0, 0.05) is 19.0 Å². The van der Waals surface area contributed by atoms with Crippen molar-refractivity contribution in [2.24, 2.45) is 0 Å². The van der Waals surface area contributed by atoms with Crippen molar-refractivity contribution in [1.29, 1.82) is 0 Å². The monoisotopic (exact) mass is 255 g/mol. The SMILES string of the molecule is CCCCCCCc1nnc(CNC(C)C)s1. The minimum absolute atomic E-state index is 0.511. The Morgan fingerprint density at radius 1 is 1.06 bits per heavy atom. The van der Waals surface area contributed by atoms with Gasteiger partial charge in [-0.3, -0.25) is 0 Å². The van der Waals surface area contributed by atoms with Gasteiger partial charge in [-0.05, 0) is 6.42 Å². The minimum Gasteiger partial charge on any atom is -0.308 e. The van der Waals surface area contributed by atoms with E-state index in [-0.39, 0.29) is 0 Å². The van der Waals surface area contributed by atoms with Gasteiger partial charge < -0.3 is 5.32 Å². The van der Waals surface area contributed by atoms with Gasteiger partial charge >= 0.3 is 0 Å². The normalized spacial score (nSPS) is 11.3. The fourth-order valence-corrected chi connectivity index (χ4v) is 2.47. The van der Waals surface area contributed by atoms with E-state index in [1.165, 1.54) is 37.1 Å². The topological polar surface area (TPSA) is 37.8 Å². The summed E-state index contributed by atoms with van der Waals surface area (Å²) in [7, 11) is 0. The summed E-state index contributed by atoms with van der Waals surface area (Å²) in [4.78, 5) is 0. The third-order valence-corrected chi connectivity index (χ3v) is 3.65. The van der Waals surface area contributed by atoms with Crippen LogP contribution < -0.4 is 5.32 Å². The Kier molecular flexibility index (Phi) is 7.37. The zero-order valence-corrected chi connectivity index (χ0v) is 12.1. The van der Waals surface area contributed by atoms with Gasteiger partial charge in [0.25, 0.3) is 0 Å². The molecule has 1 N–H and O–H groups in total. The molecule has 1 rings (SSSR count). The molecule has 0 radical (unpaired) electrons. The quantitative estimate of drug-likeness (QED) is 0.686. The van der Waals surface area contributed by atoms with Crippen molar-refractivity contribution >= 4 is 11.3 Å². The lowest BCUT2D eigenvalue weighted by Crippen LogP contribution is -2.21. The molecular weight excluding hydrogens is 230 g/mol. The van der Waals surface area contributed by atoms with E-state index >= 15 is 0 Å². The van der Waals surface area contributed by atoms with Crippen LogP contribution >= 0.6 is 11.3 Å². The van der Waals surface area contributed by atoms with E-state index in [9.17, 15) is 0 Å². The van der Waals surface area contributed by atoms with Crippen LogP contribution in [0.15, 0.2) is 0 Å². The zero-order chi connectivity index (χ0) is 12.5. The molecule has 0 spiro atoms. The lowest BCUT2D eigenvalue weighted by atomic mass is 10.1. The van der Waals surface area contributed by atoms with Crippen LogP contribution in [0.3, 0.4) is 0 Å². The molecule has 1 aromatic heterocycles. The smallest absolute Gasteiger partial charge is 0.131 e. The zero-order valence-electron chi connectivity index (χ0n) is 11.3. The Hall–Kier alpha value is -0.480. The van der Waals surface area contributed by atoms with Crippen molar-refractivity contribution in [3.8, 4) is 0 Å². The molecule has 1 aromatic rings. The largest absolute Gasteiger partial charge is 0.308 e. The van der Waals surface area contributed by atoms with Gasteiger partial charge in [0.2, 0.25) is 0 Å². The van der Waals surface area contributed by atoms with Crippen molar-refractivity contribution in [2.45, 2.75) is 71.9 Å². The van der Waals surface area contributed by atoms with Crippen molar-refractivity contribution < 1.29 is 0 Å². The second kappa shape index (κ2) is 8.59. The summed E-state index contributed by atoms with van der Waals surface area (Å²) >= 11 is 1.75. The van der Waals surface area contributed by atoms with Crippen LogP contribution in [0.1, 0.15) is 62.9 Å². The first-order valence-corrected chi connectivity index (χ1v) is 7.58. The van der Waals surface area contributed by atoms with E-state index in [1.54, 1.807) is 11.3 Å². The molecule has 17 heavy (non-hydrogen) atoms. The summed E-state index contributed by atoms with van der Waals surface area (Å²) in [5, 5.41) is 14.1. The molecule has 0 atom stereocenters. The Morgan fingerprint density at radius 3 is 2.47 bits per heavy atom. The number of aryl methyl sites for hydroxylation is 1. The predicted molar refractivity (Wildman–Crippen MR) is 74.3 cm³/mol. The molecule has 0 unspecified atom stereocenters. The summed E-state index contributed by atoms with van der Waals surface area (Å²) in [5.74, 6) is 0. The molecule has 0 amide bonds. The summed E-state index contributed by atoms with van der Waals surface area (Å²) < 4.78 is 0. The van der Waals surface area contributed by atoms with E-state index in [0.29, 0.717) is 6.04 Å². The lowest BCUT2D eigenvalue weighted by Gasteiger charge is -2.03. The van der Waals surface area contributed by atoms with E-state index < -0.39 is 0 Å². The highest BCUT2D eigenvalue weighted by molar-refractivity contribution is 7.11. The van der Waals surface area contributed by atoms with E-state index in [0.717, 1.165) is 18.0 Å². The maximum Gasteiger partial charge on any atom is 0.131 e. The molecular formula is C13H25N3S. The standard InChI is InChI=1S/C13H25N3S/c1-4-5-6-7-8-9-12-15-16-13(17-12)10-14-11(2)3/h11,14H,4-10H2,1-3H3. The third kappa shape index (κ3) is 6.74. The Labute approximate surface area is 109 Å². The van der Waals surface area contributed by atoms with E-state index in [4.69, 9.17) is 0 Å². The number of nitrogens with zero attached hydrogens (tertiary/aromatic N) is 2. The van der Waals surface area contributed by atoms with Crippen LogP contribution in [0, 0.1) is 0 Å². The number of hydrogen-bond donors (Lipinski definition) is 1. The Balaban J connectivity index is 2.17. The van der Waals surface area contributed by atoms with Gasteiger partial charge in [-0.15, -0.1) is 21.5 Å². The van der Waals surface area contributed by atoms with Gasteiger partial charge in [0.05, 0.1) is 0 Å². The molecule has 0 aliphatic carbocycles. The highest BCUT2D eigenvalue weighted by Crippen LogP contribution is 2.13. The van der Waals surface area contributed by atoms with Crippen molar-refractivity contribution in [2.75, 3.05) is 0 Å². The Bertz CT molecular complexity index is 297. The first-order valence-electron chi connectivity index (χ1n) is 6.77. The molecule has 0 aliphatic rings. The average Bonchev–Trinajstić information content (AvgIpc) is 2.74. The molecule has 0 bridgehead atoms. The lowest BCUT2D eigenvalue weighted by molar-refractivity contribution is 0.584. The Morgan fingerprint density at radius 2 is 1.76 bits per heavy atom. The molecule has 0 aliphatic heterocycles. The van der Waals surface area contributed by atoms with Gasteiger partial charge in [-0.2, -0.15) is 0 Å². The molecule has 0 aromatic carbocycles. The molecule has 1 heterocycles. The molecule has 0 fully saturated rings. The first-order chi connectivity index (χ1) is 8.22. The summed E-state index contributed by atoms with van der Waals surface area (Å²) in [5.41, 5.74) is 0. The van der Waals surface area contributed by atoms with Crippen LogP contribution in [0.2, 0.25) is 0 Å². The molecule has 98 valence electrons. The molecule has 4 heteroatoms. The average molecular weight is 255 g/mol. The van der Waals surface area contributed by atoms with Crippen LogP contribution in [0.5, 0.6) is 0 Å². The van der Waals surface area contributed by atoms with Gasteiger partial charge in [-0.25, -0.2) is 0 Å². The molecule has 3 nitrogen and oxygen atoms in total. The van der Waals surface area contributed by atoms with Crippen LogP contribution in [0.25, 0.3) is 0 Å². The first kappa shape index (κ1) is 14.6. The highest BCUT2D eigenvalue weighted by atomic mass is 32.1. The van der Waals surface area contributed by atoms with Crippen molar-refractivity contribution in [3.05, 3.63) is 10.0 Å². The minimum atomic E-state index is 0.511. The fourth-order valence-electron chi connectivity index (χ4n) is 1.63. The molecule has 0 saturated heterocycles. The van der Waals surface area contributed by atoms with E-state index in [1.807, 2.05) is 0 Å². The number of rotatable bonds is 9. The maximum absolute atomic E-state index is 4.24. The van der Waals surface area contributed by atoms with Crippen LogP contribution in [0.4, 0.5) is 0 Å². The number of aromatic nitrogens is 2. The second-order valence-corrected chi connectivity index (χ2v) is 5.94. The maximum atomic E-state index is 4.24. The van der Waals surface area contributed by atoms with E-state index in [2.05, 4.69) is 36.3 Å². The number of nitrogens with one attached hydrogen (secondary N) is 1. The molecule has 0 saturated carbocycles. The predicted octanol–water partition coefficient (Wildman–Crippen LogP) is 3.55. The summed E-state index contributed by atoms with van der Waals surface area (Å²) in [6, 6.07) is 0.511. The van der Waals surface area contributed by atoms with Crippen LogP contribution in [-0.2, 0) is 13.0 Å². The third-order valence-electron chi connectivity index (χ3n) is 2.66. The highest BCUT2D eigenvalue weighted by Gasteiger charge is 2.04. The van der Waals surface area contributed by atoms with Crippen molar-refractivity contribution in [1.82, 2.24) is 15.5 Å². The number of hydrogen-bond acceptors (Lipinski definition) is 4. The van der Waals surface area contributed by atoms with Gasteiger partial charge in [0.1, 0.15) is 10.0 Å². The van der Waals surface area contributed by atoms with Gasteiger partial charge in [0.15, 0.2) is 0 Å². The van der Waals surface area contributed by atoms with Gasteiger partial charge in [-0.1, -0.05) is 46.5 Å².